The van der Waals surface area contributed by atoms with Crippen LogP contribution in [0.1, 0.15) is 26.7 Å². The first-order valence-corrected chi connectivity index (χ1v) is 4.10. The molecule has 1 saturated heterocycles. The summed E-state index contributed by atoms with van der Waals surface area (Å²) in [5, 5.41) is 0. The van der Waals surface area contributed by atoms with Crippen molar-refractivity contribution in [2.75, 3.05) is 7.05 Å². The first-order valence-electron chi connectivity index (χ1n) is 4.10. The van der Waals surface area contributed by atoms with Crippen molar-refractivity contribution in [1.29, 1.82) is 0 Å². The summed E-state index contributed by atoms with van der Waals surface area (Å²) in [6.07, 6.45) is 2.44. The molecule has 2 nitrogen and oxygen atoms in total. The average Bonchev–Trinajstić information content (AvgIpc) is 1.93. The summed E-state index contributed by atoms with van der Waals surface area (Å²) in [5.74, 6) is 0. The van der Waals surface area contributed by atoms with Gasteiger partial charge < -0.3 is 5.73 Å². The summed E-state index contributed by atoms with van der Waals surface area (Å²) >= 11 is 0. The van der Waals surface area contributed by atoms with E-state index in [1.165, 1.54) is 12.8 Å². The van der Waals surface area contributed by atoms with E-state index in [1.807, 2.05) is 0 Å². The summed E-state index contributed by atoms with van der Waals surface area (Å²) in [7, 11) is 2.16. The van der Waals surface area contributed by atoms with Crippen LogP contribution in [0.2, 0.25) is 0 Å². The Morgan fingerprint density at radius 2 is 1.90 bits per heavy atom. The lowest BCUT2D eigenvalue weighted by Gasteiger charge is -2.39. The second-order valence-corrected chi connectivity index (χ2v) is 3.50. The van der Waals surface area contributed by atoms with Crippen LogP contribution in [0.3, 0.4) is 0 Å². The van der Waals surface area contributed by atoms with Crippen molar-refractivity contribution < 1.29 is 0 Å². The third kappa shape index (κ3) is 1.32. The monoisotopic (exact) mass is 142 g/mol. The van der Waals surface area contributed by atoms with Crippen LogP contribution in [0, 0.1) is 0 Å². The van der Waals surface area contributed by atoms with Gasteiger partial charge in [0.2, 0.25) is 0 Å². The zero-order chi connectivity index (χ0) is 7.72. The lowest BCUT2D eigenvalue weighted by Crippen LogP contribution is -2.52. The maximum Gasteiger partial charge on any atom is 0.0218 e. The molecule has 0 saturated carbocycles. The number of hydrogen-bond donors (Lipinski definition) is 1. The number of likely N-dealkylation sites (tertiary alicyclic amines) is 1. The van der Waals surface area contributed by atoms with Gasteiger partial charge in [0.1, 0.15) is 0 Å². The van der Waals surface area contributed by atoms with Crippen molar-refractivity contribution in [3.05, 3.63) is 0 Å². The molecular formula is C8H18N2. The van der Waals surface area contributed by atoms with Crippen molar-refractivity contribution in [3.63, 3.8) is 0 Å². The molecule has 1 heterocycles. The summed E-state index contributed by atoms with van der Waals surface area (Å²) in [5.41, 5.74) is 5.89. The van der Waals surface area contributed by atoms with Crippen LogP contribution in [0.4, 0.5) is 0 Å². The summed E-state index contributed by atoms with van der Waals surface area (Å²) < 4.78 is 0. The van der Waals surface area contributed by atoms with Gasteiger partial charge in [0.15, 0.2) is 0 Å². The number of likely N-dealkylation sites (N-methyl/N-ethyl adjacent to an activating group) is 1. The molecule has 0 aromatic rings. The predicted octanol–water partition coefficient (Wildman–Crippen LogP) is 0.816. The maximum atomic E-state index is 5.89. The molecule has 60 valence electrons. The Hall–Kier alpha value is -0.0800. The van der Waals surface area contributed by atoms with Gasteiger partial charge >= 0.3 is 0 Å². The molecule has 0 amide bonds. The van der Waals surface area contributed by atoms with Crippen molar-refractivity contribution >= 4 is 0 Å². The maximum absolute atomic E-state index is 5.89. The van der Waals surface area contributed by atoms with Crippen LogP contribution in [0.15, 0.2) is 0 Å². The highest BCUT2D eigenvalue weighted by atomic mass is 15.2. The Kier molecular flexibility index (Phi) is 2.32. The highest BCUT2D eigenvalue weighted by molar-refractivity contribution is 4.85. The predicted molar refractivity (Wildman–Crippen MR) is 43.9 cm³/mol. The molecule has 0 aliphatic carbocycles. The number of rotatable bonds is 0. The third-order valence-corrected chi connectivity index (χ3v) is 2.88. The molecule has 2 N–H and O–H groups in total. The molecule has 0 spiro atoms. The minimum atomic E-state index is 0.390. The highest BCUT2D eigenvalue weighted by Gasteiger charge is 2.26. The first-order chi connectivity index (χ1) is 4.63. The second kappa shape index (κ2) is 2.89. The molecule has 1 aliphatic rings. The molecule has 0 radical (unpaired) electrons. The summed E-state index contributed by atoms with van der Waals surface area (Å²) in [6, 6.07) is 1.67. The van der Waals surface area contributed by atoms with E-state index in [0.29, 0.717) is 12.1 Å². The molecule has 3 atom stereocenters. The van der Waals surface area contributed by atoms with Crippen LogP contribution in [-0.4, -0.2) is 30.1 Å². The van der Waals surface area contributed by atoms with Crippen molar-refractivity contribution in [3.8, 4) is 0 Å². The topological polar surface area (TPSA) is 29.3 Å². The van der Waals surface area contributed by atoms with Gasteiger partial charge in [0.25, 0.3) is 0 Å². The number of hydrogen-bond acceptors (Lipinski definition) is 2. The lowest BCUT2D eigenvalue weighted by atomic mass is 9.94. The standard InChI is InChI=1S/C8H18N2/c1-6-4-5-8(9)7(2)10(6)3/h6-8H,4-5,9H2,1-3H3. The molecule has 3 unspecified atom stereocenters. The van der Waals surface area contributed by atoms with Crippen LogP contribution >= 0.6 is 0 Å². The van der Waals surface area contributed by atoms with E-state index < -0.39 is 0 Å². The van der Waals surface area contributed by atoms with Crippen LogP contribution in [-0.2, 0) is 0 Å². The SMILES string of the molecule is CC1CCC(N)C(C)N1C. The fraction of sp³-hybridized carbons (Fsp3) is 1.00. The molecular weight excluding hydrogens is 124 g/mol. The highest BCUT2D eigenvalue weighted by Crippen LogP contribution is 2.19. The number of nitrogens with two attached hydrogens (primary N) is 1. The molecule has 10 heavy (non-hydrogen) atoms. The van der Waals surface area contributed by atoms with Gasteiger partial charge in [-0.25, -0.2) is 0 Å². The normalized spacial score (nSPS) is 43.8. The molecule has 1 rings (SSSR count). The third-order valence-electron chi connectivity index (χ3n) is 2.88. The average molecular weight is 142 g/mol. The number of nitrogens with zero attached hydrogens (tertiary/aromatic N) is 1. The number of piperidine rings is 1. The molecule has 0 aromatic carbocycles. The van der Waals surface area contributed by atoms with Gasteiger partial charge in [0, 0.05) is 18.1 Å². The Labute approximate surface area is 63.4 Å². The molecule has 2 heteroatoms. The van der Waals surface area contributed by atoms with Gasteiger partial charge in [-0.3, -0.25) is 4.90 Å². The van der Waals surface area contributed by atoms with Crippen LogP contribution in [0.25, 0.3) is 0 Å². The van der Waals surface area contributed by atoms with Crippen molar-refractivity contribution in [2.45, 2.75) is 44.8 Å². The van der Waals surface area contributed by atoms with E-state index in [4.69, 9.17) is 5.73 Å². The lowest BCUT2D eigenvalue weighted by molar-refractivity contribution is 0.119. The quantitative estimate of drug-likeness (QED) is 0.542. The van der Waals surface area contributed by atoms with Crippen LogP contribution < -0.4 is 5.73 Å². The Morgan fingerprint density at radius 3 is 2.40 bits per heavy atom. The van der Waals surface area contributed by atoms with Crippen LogP contribution in [0.5, 0.6) is 0 Å². The minimum Gasteiger partial charge on any atom is -0.326 e. The minimum absolute atomic E-state index is 0.390. The van der Waals surface area contributed by atoms with E-state index in [-0.39, 0.29) is 0 Å². The summed E-state index contributed by atoms with van der Waals surface area (Å²) in [6.45, 7) is 4.47. The van der Waals surface area contributed by atoms with Gasteiger partial charge in [0.05, 0.1) is 0 Å². The van der Waals surface area contributed by atoms with Gasteiger partial charge in [-0.2, -0.15) is 0 Å². The fourth-order valence-corrected chi connectivity index (χ4v) is 1.58. The van der Waals surface area contributed by atoms with E-state index in [2.05, 4.69) is 25.8 Å². The van der Waals surface area contributed by atoms with Gasteiger partial charge in [-0.15, -0.1) is 0 Å². The Bertz CT molecular complexity index is 99.8. The van der Waals surface area contributed by atoms with Crippen molar-refractivity contribution in [2.24, 2.45) is 5.73 Å². The molecule has 1 fully saturated rings. The van der Waals surface area contributed by atoms with E-state index in [1.54, 1.807) is 0 Å². The fourth-order valence-electron chi connectivity index (χ4n) is 1.58. The summed E-state index contributed by atoms with van der Waals surface area (Å²) in [4.78, 5) is 2.37. The smallest absolute Gasteiger partial charge is 0.0218 e. The van der Waals surface area contributed by atoms with E-state index in [9.17, 15) is 0 Å². The Morgan fingerprint density at radius 1 is 1.30 bits per heavy atom. The van der Waals surface area contributed by atoms with E-state index >= 15 is 0 Å². The molecule has 0 aromatic heterocycles. The van der Waals surface area contributed by atoms with Crippen molar-refractivity contribution in [1.82, 2.24) is 4.90 Å². The second-order valence-electron chi connectivity index (χ2n) is 3.50. The zero-order valence-electron chi connectivity index (χ0n) is 7.17. The first kappa shape index (κ1) is 8.02. The Balaban J connectivity index is 2.52. The largest absolute Gasteiger partial charge is 0.326 e. The van der Waals surface area contributed by atoms with Gasteiger partial charge in [-0.1, -0.05) is 0 Å². The van der Waals surface area contributed by atoms with E-state index in [0.717, 1.165) is 6.04 Å². The molecule has 1 aliphatic heterocycles. The molecule has 0 bridgehead atoms. The zero-order valence-corrected chi connectivity index (χ0v) is 7.17. The van der Waals surface area contributed by atoms with Gasteiger partial charge in [-0.05, 0) is 33.7 Å².